The zero-order chi connectivity index (χ0) is 78.6. The van der Waals surface area contributed by atoms with E-state index in [0.29, 0.717) is 11.3 Å². The number of hydrogen-bond acceptors (Lipinski definition) is 4. The van der Waals surface area contributed by atoms with E-state index in [9.17, 15) is 26.0 Å². The first-order chi connectivity index (χ1) is 50.0. The van der Waals surface area contributed by atoms with Crippen molar-refractivity contribution in [1.29, 1.82) is 0 Å². The second-order valence-corrected chi connectivity index (χ2v) is 15.6. The van der Waals surface area contributed by atoms with E-state index < -0.39 is 352 Å². The molecule has 0 saturated carbocycles. The zero-order valence-corrected chi connectivity index (χ0v) is 34.5. The van der Waals surface area contributed by atoms with Crippen LogP contribution in [0.15, 0.2) is 244 Å². The first kappa shape index (κ1) is 16.3. The molecular formula is C64H39NO2S. The summed E-state index contributed by atoms with van der Waals surface area (Å²) < 4.78 is 373. The third kappa shape index (κ3) is 6.19. The highest BCUT2D eigenvalue weighted by Crippen LogP contribution is 2.47. The summed E-state index contributed by atoms with van der Waals surface area (Å²) in [5, 5.41) is -4.89. The van der Waals surface area contributed by atoms with Gasteiger partial charge in [-0.2, -0.15) is 0 Å². The highest BCUT2D eigenvalue weighted by Gasteiger charge is 2.23. The second kappa shape index (κ2) is 15.5. The molecule has 68 heavy (non-hydrogen) atoms. The minimum Gasteiger partial charge on any atom is -0.455 e. The molecule has 3 aromatic heterocycles. The molecule has 0 N–H and O–H groups in total. The molecule has 0 atom stereocenters. The van der Waals surface area contributed by atoms with E-state index >= 15 is 0 Å². The van der Waals surface area contributed by atoms with Gasteiger partial charge in [0, 0.05) is 64.0 Å². The molecule has 0 spiro atoms. The fourth-order valence-corrected chi connectivity index (χ4v) is 8.77. The Kier molecular flexibility index (Phi) is 3.70. The number of fused-ring (bicyclic) bond motifs is 11. The lowest BCUT2D eigenvalue weighted by Crippen LogP contribution is -2.10. The molecule has 0 aliphatic heterocycles. The molecule has 0 aliphatic rings. The van der Waals surface area contributed by atoms with Crippen molar-refractivity contribution in [2.24, 2.45) is 0 Å². The van der Waals surface area contributed by atoms with Gasteiger partial charge in [0.25, 0.3) is 0 Å². The lowest BCUT2D eigenvalue weighted by atomic mass is 9.96. The minimum atomic E-state index is -1.43. The summed E-state index contributed by atoms with van der Waals surface area (Å²) in [4.78, 5) is 0.278. The standard InChI is InChI=1S/C64H39NO2S/c1-2-12-40(13-3-1)41-28-33-47(34-29-41)65(48-35-30-44(31-36-48)50-18-10-20-54-52-16-6-8-22-59(52)66-61(50)54)58-39-46(38-57-55-37-32-43-14-4-5-15-49(43)62(55)67-63(57)58)42-24-26-45(27-25-42)51-19-11-21-56-53-17-7-9-23-60(53)68-64(51)56/h1-39H/i1D,2D,3D,4D,5D,6D,7D,8D,9D,10D,11D,12D,13D,14D,15D,16D,17D,18D,19D,20D,21D,22D,23D,24D,25D,26D,27D,28D,29D,30D,31D,32D,33D,34D,35D,36D,37D,38D,39D. The third-order valence-corrected chi connectivity index (χ3v) is 11.9. The first-order valence-electron chi connectivity index (χ1n) is 39.4. The molecule has 4 heteroatoms. The molecule has 3 nitrogen and oxygen atoms in total. The van der Waals surface area contributed by atoms with Crippen LogP contribution in [0.2, 0.25) is 0 Å². The van der Waals surface area contributed by atoms with Gasteiger partial charge in [-0.05, 0) is 98.7 Å². The highest BCUT2D eigenvalue weighted by atomic mass is 32.1. The summed E-state index contributed by atoms with van der Waals surface area (Å²) in [7, 11) is 0. The van der Waals surface area contributed by atoms with Crippen LogP contribution in [-0.2, 0) is 0 Å². The topological polar surface area (TPSA) is 29.5 Å². The third-order valence-electron chi connectivity index (χ3n) is 10.7. The van der Waals surface area contributed by atoms with Gasteiger partial charge in [0.05, 0.1) is 59.1 Å². The number of rotatable bonds is 7. The molecule has 11 aromatic carbocycles. The van der Waals surface area contributed by atoms with Crippen molar-refractivity contribution in [3.05, 3.63) is 236 Å². The molecule has 0 fully saturated rings. The summed E-state index contributed by atoms with van der Waals surface area (Å²) in [5.41, 5.74) is -14.8. The largest absolute Gasteiger partial charge is 0.455 e. The van der Waals surface area contributed by atoms with Gasteiger partial charge in [0.1, 0.15) is 16.7 Å². The van der Waals surface area contributed by atoms with Gasteiger partial charge in [-0.25, -0.2) is 0 Å². The smallest absolute Gasteiger partial charge is 0.159 e. The average molecular weight is 925 g/mol. The van der Waals surface area contributed by atoms with Gasteiger partial charge in [-0.1, -0.05) is 181 Å². The van der Waals surface area contributed by atoms with Crippen LogP contribution in [0, 0.1) is 0 Å². The molecule has 318 valence electrons. The molecule has 0 unspecified atom stereocenters. The van der Waals surface area contributed by atoms with E-state index in [0.717, 1.165) is 0 Å². The molecule has 0 aliphatic carbocycles. The number of para-hydroxylation sites is 2. The van der Waals surface area contributed by atoms with E-state index in [-0.39, 0.29) is 25.1 Å². The summed E-state index contributed by atoms with van der Waals surface area (Å²) in [6.07, 6.45) is 0. The van der Waals surface area contributed by atoms with Crippen molar-refractivity contribution in [1.82, 2.24) is 0 Å². The Labute approximate surface area is 450 Å². The highest BCUT2D eigenvalue weighted by molar-refractivity contribution is 7.26. The van der Waals surface area contributed by atoms with Crippen LogP contribution in [0.25, 0.3) is 119 Å². The Morgan fingerprint density at radius 2 is 0.912 bits per heavy atom. The normalized spacial score (nSPS) is 19.9. The summed E-state index contributed by atoms with van der Waals surface area (Å²) >= 11 is 0.552. The molecule has 0 radical (unpaired) electrons. The van der Waals surface area contributed by atoms with Crippen LogP contribution in [0.4, 0.5) is 17.1 Å². The SMILES string of the molecule is [2H]c1c([2H])c([2H])c(-c2c([2H])c([2H])c(N(c3c([2H])c([2H])c(-c4c([2H])c([2H])c([2H])c5c4oc4c([2H])c([2H])c([2H])c([2H])c45)c([2H])c3[2H])c3c([2H])c(-c4c([2H])c([2H])c(-c5c([2H])c([2H])c([2H])c6c5sc5c([2H])c([2H])c([2H])c([2H])c56)c([2H])c4[2H])c([2H])c4c3oc3c5c([2H])c([2H])c([2H])c([2H])c5c([2H])c([2H])c34)c([2H])c2[2H])c([2H])c1[2H]. The quantitative estimate of drug-likeness (QED) is 0.159. The number of anilines is 3. The molecule has 0 amide bonds. The van der Waals surface area contributed by atoms with E-state index in [2.05, 4.69) is 0 Å². The summed E-state index contributed by atoms with van der Waals surface area (Å²) in [6, 6.07) is -41.2. The minimum absolute atomic E-state index is 0.211. The van der Waals surface area contributed by atoms with Crippen LogP contribution in [0.5, 0.6) is 0 Å². The van der Waals surface area contributed by atoms with Gasteiger partial charge < -0.3 is 13.7 Å². The van der Waals surface area contributed by atoms with Crippen molar-refractivity contribution in [3.63, 3.8) is 0 Å². The lowest BCUT2D eigenvalue weighted by Gasteiger charge is -2.26. The maximum Gasteiger partial charge on any atom is 0.159 e. The predicted molar refractivity (Wildman–Crippen MR) is 288 cm³/mol. The molecule has 14 aromatic rings. The fourth-order valence-electron chi connectivity index (χ4n) is 7.70. The Hall–Kier alpha value is -8.70. The average Bonchev–Trinajstić information content (AvgIpc) is 1.63. The van der Waals surface area contributed by atoms with Crippen molar-refractivity contribution in [2.45, 2.75) is 0 Å². The lowest BCUT2D eigenvalue weighted by molar-refractivity contribution is 0.670. The van der Waals surface area contributed by atoms with E-state index in [4.69, 9.17) is 36.2 Å². The van der Waals surface area contributed by atoms with Gasteiger partial charge in [0.15, 0.2) is 5.58 Å². The van der Waals surface area contributed by atoms with E-state index in [1.807, 2.05) is 0 Å². The van der Waals surface area contributed by atoms with Crippen LogP contribution in [-0.4, -0.2) is 0 Å². The number of thiophene rings is 1. The predicted octanol–water partition coefficient (Wildman–Crippen LogP) is 19.1. The Balaban J connectivity index is 1.20. The Morgan fingerprint density at radius 3 is 1.72 bits per heavy atom. The molecule has 3 heterocycles. The molecular weight excluding hydrogens is 847 g/mol. The molecule has 0 bridgehead atoms. The maximum atomic E-state index is 10.6. The number of hydrogen-bond donors (Lipinski definition) is 0. The van der Waals surface area contributed by atoms with Crippen LogP contribution < -0.4 is 4.90 Å². The second-order valence-electron chi connectivity index (χ2n) is 14.5. The summed E-state index contributed by atoms with van der Waals surface area (Å²) in [5.74, 6) is 0. The number of furan rings is 2. The van der Waals surface area contributed by atoms with Crippen LogP contribution >= 0.6 is 11.3 Å². The van der Waals surface area contributed by atoms with Gasteiger partial charge in [0.2, 0.25) is 0 Å². The number of benzene rings is 11. The fraction of sp³-hybridized carbons (Fsp3) is 0. The maximum absolute atomic E-state index is 10.6. The Morgan fingerprint density at radius 1 is 0.338 bits per heavy atom. The van der Waals surface area contributed by atoms with E-state index in [1.54, 1.807) is 0 Å². The molecule has 14 rings (SSSR count). The first-order valence-corrected chi connectivity index (χ1v) is 20.7. The van der Waals surface area contributed by atoms with E-state index in [1.165, 1.54) is 0 Å². The monoisotopic (exact) mass is 925 g/mol. The van der Waals surface area contributed by atoms with Gasteiger partial charge in [-0.15, -0.1) is 11.3 Å². The summed E-state index contributed by atoms with van der Waals surface area (Å²) in [6.45, 7) is 0. The van der Waals surface area contributed by atoms with Crippen molar-refractivity contribution in [3.8, 4) is 44.5 Å². The zero-order valence-electron chi connectivity index (χ0n) is 72.7. The Bertz CT molecular complexity index is 6520. The van der Waals surface area contributed by atoms with Gasteiger partial charge >= 0.3 is 0 Å². The number of nitrogens with zero attached hydrogens (tertiary/aromatic N) is 1. The van der Waals surface area contributed by atoms with Crippen molar-refractivity contribution >= 4 is 103 Å². The van der Waals surface area contributed by atoms with Crippen molar-refractivity contribution in [2.75, 3.05) is 4.90 Å². The van der Waals surface area contributed by atoms with Crippen molar-refractivity contribution < 1.29 is 62.3 Å². The van der Waals surface area contributed by atoms with Gasteiger partial charge in [-0.3, -0.25) is 0 Å². The van der Waals surface area contributed by atoms with Crippen LogP contribution in [0.1, 0.15) is 53.5 Å². The molecule has 0 saturated heterocycles. The van der Waals surface area contributed by atoms with Crippen LogP contribution in [0.3, 0.4) is 0 Å².